The summed E-state index contributed by atoms with van der Waals surface area (Å²) in [5.74, 6) is -0.0551. The SMILES string of the molecule is CC[C@H](C)NC(=O)[C@@H](Cc1ccccc1)N(Cc1ccc(Cl)cc1Cl)C(=O)CCCN(c1cccc(OC)c1)S(C)(=O)=O. The summed E-state index contributed by atoms with van der Waals surface area (Å²) < 4.78 is 31.9. The fraction of sp³-hybridized carbons (Fsp3) is 0.375. The van der Waals surface area contributed by atoms with Crippen molar-refractivity contribution in [2.75, 3.05) is 24.2 Å². The van der Waals surface area contributed by atoms with Crippen molar-refractivity contribution in [2.45, 2.75) is 58.2 Å². The van der Waals surface area contributed by atoms with Gasteiger partial charge in [-0.15, -0.1) is 0 Å². The lowest BCUT2D eigenvalue weighted by atomic mass is 10.0. The first-order chi connectivity index (χ1) is 20.4. The molecule has 0 aliphatic carbocycles. The number of anilines is 1. The van der Waals surface area contributed by atoms with Crippen LogP contribution in [0.3, 0.4) is 0 Å². The van der Waals surface area contributed by atoms with E-state index in [9.17, 15) is 18.0 Å². The Morgan fingerprint density at radius 1 is 1.00 bits per heavy atom. The van der Waals surface area contributed by atoms with Crippen molar-refractivity contribution in [3.8, 4) is 5.75 Å². The molecule has 3 rings (SSSR count). The molecule has 8 nitrogen and oxygen atoms in total. The fourth-order valence-corrected chi connectivity index (χ4v) is 6.02. The van der Waals surface area contributed by atoms with E-state index in [1.165, 1.54) is 16.3 Å². The minimum absolute atomic E-state index is 0.00307. The Morgan fingerprint density at radius 3 is 2.35 bits per heavy atom. The lowest BCUT2D eigenvalue weighted by molar-refractivity contribution is -0.141. The zero-order chi connectivity index (χ0) is 31.6. The minimum Gasteiger partial charge on any atom is -0.497 e. The number of amides is 2. The van der Waals surface area contributed by atoms with Crippen LogP contribution in [-0.4, -0.2) is 57.1 Å². The molecule has 3 aromatic rings. The number of nitrogens with one attached hydrogen (secondary N) is 1. The lowest BCUT2D eigenvalue weighted by Gasteiger charge is -2.33. The van der Waals surface area contributed by atoms with E-state index in [2.05, 4.69) is 5.32 Å². The smallest absolute Gasteiger partial charge is 0.243 e. The molecule has 0 saturated carbocycles. The highest BCUT2D eigenvalue weighted by molar-refractivity contribution is 7.92. The number of carbonyl (C=O) groups excluding carboxylic acids is 2. The van der Waals surface area contributed by atoms with Crippen LogP contribution in [-0.2, 0) is 32.6 Å². The molecule has 43 heavy (non-hydrogen) atoms. The third-order valence-electron chi connectivity index (χ3n) is 7.12. The highest BCUT2D eigenvalue weighted by Gasteiger charge is 2.31. The second-order valence-electron chi connectivity index (χ2n) is 10.4. The molecular weight excluding hydrogens is 609 g/mol. The van der Waals surface area contributed by atoms with Gasteiger partial charge in [0.25, 0.3) is 0 Å². The molecule has 0 saturated heterocycles. The number of ether oxygens (including phenoxy) is 1. The standard InChI is InChI=1S/C32H39Cl2N3O5S/c1-5-23(2)35-32(39)30(19-24-11-7-6-8-12-24)36(22-25-16-17-26(33)20-29(25)34)31(38)15-10-18-37(43(4,40)41)27-13-9-14-28(21-27)42-3/h6-9,11-14,16-17,20-21,23,30H,5,10,15,18-19,22H2,1-4H3,(H,35,39)/t23-,30+/m0/s1. The first kappa shape index (κ1) is 34.2. The molecule has 0 unspecified atom stereocenters. The van der Waals surface area contributed by atoms with Crippen molar-refractivity contribution in [1.82, 2.24) is 10.2 Å². The molecular formula is C32H39Cl2N3O5S. The van der Waals surface area contributed by atoms with Crippen LogP contribution in [0, 0.1) is 0 Å². The van der Waals surface area contributed by atoms with Crippen LogP contribution in [0.5, 0.6) is 5.75 Å². The van der Waals surface area contributed by atoms with Gasteiger partial charge in [0.15, 0.2) is 0 Å². The Kier molecular flexibility index (Phi) is 12.7. The molecule has 0 fully saturated rings. The third-order valence-corrected chi connectivity index (χ3v) is 8.90. The molecule has 11 heteroatoms. The van der Waals surface area contributed by atoms with E-state index >= 15 is 0 Å². The predicted molar refractivity (Wildman–Crippen MR) is 173 cm³/mol. The van der Waals surface area contributed by atoms with E-state index in [1.54, 1.807) is 42.5 Å². The molecule has 0 radical (unpaired) electrons. The van der Waals surface area contributed by atoms with E-state index in [-0.39, 0.29) is 43.8 Å². The Balaban J connectivity index is 1.92. The molecule has 2 atom stereocenters. The summed E-state index contributed by atoms with van der Waals surface area (Å²) in [6, 6.07) is 20.4. The van der Waals surface area contributed by atoms with Gasteiger partial charge in [0.2, 0.25) is 21.8 Å². The lowest BCUT2D eigenvalue weighted by Crippen LogP contribution is -2.52. The first-order valence-corrected chi connectivity index (χ1v) is 16.7. The van der Waals surface area contributed by atoms with Gasteiger partial charge in [0.1, 0.15) is 11.8 Å². The van der Waals surface area contributed by atoms with E-state index in [1.807, 2.05) is 44.2 Å². The van der Waals surface area contributed by atoms with Crippen molar-refractivity contribution in [2.24, 2.45) is 0 Å². The van der Waals surface area contributed by atoms with Crippen molar-refractivity contribution < 1.29 is 22.7 Å². The van der Waals surface area contributed by atoms with E-state index < -0.39 is 16.1 Å². The summed E-state index contributed by atoms with van der Waals surface area (Å²) in [5, 5.41) is 3.88. The summed E-state index contributed by atoms with van der Waals surface area (Å²) in [4.78, 5) is 29.2. The van der Waals surface area contributed by atoms with Crippen LogP contribution in [0.2, 0.25) is 10.0 Å². The zero-order valence-electron chi connectivity index (χ0n) is 24.9. The molecule has 0 aromatic heterocycles. The fourth-order valence-electron chi connectivity index (χ4n) is 4.60. The van der Waals surface area contributed by atoms with E-state index in [0.29, 0.717) is 33.5 Å². The molecule has 0 bridgehead atoms. The third kappa shape index (κ3) is 10.2. The molecule has 0 aliphatic heterocycles. The van der Waals surface area contributed by atoms with Gasteiger partial charge in [-0.2, -0.15) is 0 Å². The van der Waals surface area contributed by atoms with Gasteiger partial charge < -0.3 is 15.0 Å². The van der Waals surface area contributed by atoms with Gasteiger partial charge in [-0.25, -0.2) is 8.42 Å². The Labute approximate surface area is 265 Å². The molecule has 2 amide bonds. The van der Waals surface area contributed by atoms with Gasteiger partial charge in [-0.3, -0.25) is 13.9 Å². The van der Waals surface area contributed by atoms with Crippen molar-refractivity contribution in [3.63, 3.8) is 0 Å². The van der Waals surface area contributed by atoms with Crippen LogP contribution in [0.15, 0.2) is 72.8 Å². The Bertz CT molecular complexity index is 1490. The van der Waals surface area contributed by atoms with Crippen molar-refractivity contribution >= 4 is 50.7 Å². The van der Waals surface area contributed by atoms with Crippen LogP contribution in [0.1, 0.15) is 44.2 Å². The molecule has 232 valence electrons. The average molecular weight is 649 g/mol. The first-order valence-electron chi connectivity index (χ1n) is 14.1. The number of hydrogen-bond donors (Lipinski definition) is 1. The second kappa shape index (κ2) is 16.0. The van der Waals surface area contributed by atoms with Crippen LogP contribution in [0.4, 0.5) is 5.69 Å². The number of rotatable bonds is 15. The monoisotopic (exact) mass is 647 g/mol. The molecule has 3 aromatic carbocycles. The number of carbonyl (C=O) groups is 2. The summed E-state index contributed by atoms with van der Waals surface area (Å²) in [6.07, 6.45) is 2.37. The van der Waals surface area contributed by atoms with Gasteiger partial charge in [0.05, 0.1) is 19.1 Å². The average Bonchev–Trinajstić information content (AvgIpc) is 2.97. The van der Waals surface area contributed by atoms with Crippen LogP contribution >= 0.6 is 23.2 Å². The maximum absolute atomic E-state index is 14.0. The number of halogens is 2. The van der Waals surface area contributed by atoms with Crippen LogP contribution < -0.4 is 14.4 Å². The zero-order valence-corrected chi connectivity index (χ0v) is 27.3. The van der Waals surface area contributed by atoms with E-state index in [4.69, 9.17) is 27.9 Å². The summed E-state index contributed by atoms with van der Waals surface area (Å²) >= 11 is 12.6. The highest BCUT2D eigenvalue weighted by Crippen LogP contribution is 2.26. The summed E-state index contributed by atoms with van der Waals surface area (Å²) in [5.41, 5.74) is 1.98. The summed E-state index contributed by atoms with van der Waals surface area (Å²) in [7, 11) is -2.14. The molecule has 0 heterocycles. The highest BCUT2D eigenvalue weighted by atomic mass is 35.5. The number of methoxy groups -OCH3 is 1. The predicted octanol–water partition coefficient (Wildman–Crippen LogP) is 6.10. The van der Waals surface area contributed by atoms with Crippen molar-refractivity contribution in [1.29, 1.82) is 0 Å². The number of benzene rings is 3. The molecule has 0 aliphatic rings. The van der Waals surface area contributed by atoms with Crippen molar-refractivity contribution in [3.05, 3.63) is 94.0 Å². The maximum atomic E-state index is 14.0. The Morgan fingerprint density at radius 2 is 1.72 bits per heavy atom. The normalized spacial score (nSPS) is 12.7. The van der Waals surface area contributed by atoms with Gasteiger partial charge in [-0.05, 0) is 55.2 Å². The largest absolute Gasteiger partial charge is 0.497 e. The molecule has 0 spiro atoms. The maximum Gasteiger partial charge on any atom is 0.243 e. The number of hydrogen-bond acceptors (Lipinski definition) is 5. The Hall–Kier alpha value is -3.27. The quantitative estimate of drug-likeness (QED) is 0.215. The second-order valence-corrected chi connectivity index (χ2v) is 13.2. The minimum atomic E-state index is -3.65. The number of nitrogens with zero attached hydrogens (tertiary/aromatic N) is 2. The van der Waals surface area contributed by atoms with Gasteiger partial charge in [0, 0.05) is 48.1 Å². The van der Waals surface area contributed by atoms with Gasteiger partial charge >= 0.3 is 0 Å². The number of sulfonamides is 1. The summed E-state index contributed by atoms with van der Waals surface area (Å²) in [6.45, 7) is 4.03. The van der Waals surface area contributed by atoms with E-state index in [0.717, 1.165) is 18.2 Å². The molecule has 1 N–H and O–H groups in total. The van der Waals surface area contributed by atoms with Gasteiger partial charge in [-0.1, -0.05) is 72.6 Å². The van der Waals surface area contributed by atoms with Crippen LogP contribution in [0.25, 0.3) is 0 Å². The topological polar surface area (TPSA) is 96.0 Å².